The molecule has 1 amide bonds. The summed E-state index contributed by atoms with van der Waals surface area (Å²) in [5.74, 6) is 0. The van der Waals surface area contributed by atoms with Crippen molar-refractivity contribution in [2.75, 3.05) is 26.8 Å². The largest absolute Gasteiger partial charge is 0.446 e. The number of hydrogen-bond donors (Lipinski definition) is 1. The van der Waals surface area contributed by atoms with Crippen LogP contribution < -0.4 is 5.32 Å². The molecule has 1 fully saturated rings. The summed E-state index contributed by atoms with van der Waals surface area (Å²) in [6, 6.07) is 23.1. The van der Waals surface area contributed by atoms with Crippen LogP contribution >= 0.6 is 0 Å². The SMILES string of the molecule is COCC(C)NC(=O)OC1CCN(Cc2ccc(-c3nc4c(cnc5cc(C)nn54)cc3-c3ccccc3)cc2)CC1. The molecule has 0 saturated carbocycles. The number of nitrogens with zero attached hydrogens (tertiary/aromatic N) is 5. The summed E-state index contributed by atoms with van der Waals surface area (Å²) in [4.78, 5) is 24.3. The Morgan fingerprint density at radius 3 is 2.55 bits per heavy atom. The van der Waals surface area contributed by atoms with Crippen molar-refractivity contribution in [1.29, 1.82) is 0 Å². The molecule has 1 atom stereocenters. The van der Waals surface area contributed by atoms with Crippen molar-refractivity contribution in [3.63, 3.8) is 0 Å². The minimum atomic E-state index is -0.370. The topological polar surface area (TPSA) is 93.9 Å². The summed E-state index contributed by atoms with van der Waals surface area (Å²) < 4.78 is 12.5. The van der Waals surface area contributed by atoms with E-state index in [1.54, 1.807) is 7.11 Å². The number of aromatic nitrogens is 4. The van der Waals surface area contributed by atoms with Crippen LogP contribution in [0.1, 0.15) is 31.0 Å². The molecule has 0 aliphatic carbocycles. The summed E-state index contributed by atoms with van der Waals surface area (Å²) in [6.45, 7) is 6.93. The van der Waals surface area contributed by atoms with Gasteiger partial charge in [0.05, 0.1) is 24.0 Å². The molecule has 9 nitrogen and oxygen atoms in total. The molecule has 0 spiro atoms. The molecule has 4 heterocycles. The van der Waals surface area contributed by atoms with E-state index in [4.69, 9.17) is 14.5 Å². The summed E-state index contributed by atoms with van der Waals surface area (Å²) in [5, 5.41) is 8.41. The first kappa shape index (κ1) is 27.8. The summed E-state index contributed by atoms with van der Waals surface area (Å²) in [6.07, 6.45) is 3.09. The minimum absolute atomic E-state index is 0.0611. The first-order valence-electron chi connectivity index (χ1n) is 14.5. The number of carbonyl (C=O) groups is 1. The third-order valence-corrected chi connectivity index (χ3v) is 7.69. The maximum atomic E-state index is 12.2. The maximum Gasteiger partial charge on any atom is 0.407 e. The second-order valence-electron chi connectivity index (χ2n) is 11.1. The number of hydrogen-bond acceptors (Lipinski definition) is 7. The number of nitrogens with one attached hydrogen (secondary N) is 1. The van der Waals surface area contributed by atoms with Crippen LogP contribution in [0.3, 0.4) is 0 Å². The van der Waals surface area contributed by atoms with Crippen molar-refractivity contribution in [3.05, 3.63) is 84.2 Å². The van der Waals surface area contributed by atoms with E-state index in [0.717, 1.165) is 77.2 Å². The number of carbonyl (C=O) groups excluding carboxylic acids is 1. The Bertz CT molecular complexity index is 1680. The van der Waals surface area contributed by atoms with E-state index in [-0.39, 0.29) is 18.2 Å². The molecule has 1 unspecified atom stereocenters. The second kappa shape index (κ2) is 12.3. The molecule has 216 valence electrons. The summed E-state index contributed by atoms with van der Waals surface area (Å²) in [5.41, 5.74) is 7.85. The Balaban J connectivity index is 1.18. The molecule has 3 aromatic heterocycles. The van der Waals surface area contributed by atoms with Crippen LogP contribution in [-0.2, 0) is 16.0 Å². The van der Waals surface area contributed by atoms with Gasteiger partial charge in [0.2, 0.25) is 0 Å². The van der Waals surface area contributed by atoms with Crippen LogP contribution in [0.4, 0.5) is 4.79 Å². The van der Waals surface area contributed by atoms with Crippen molar-refractivity contribution in [3.8, 4) is 22.4 Å². The van der Waals surface area contributed by atoms with Gasteiger partial charge in [0.1, 0.15) is 6.10 Å². The summed E-state index contributed by atoms with van der Waals surface area (Å²) in [7, 11) is 1.62. The van der Waals surface area contributed by atoms with Crippen LogP contribution in [0.5, 0.6) is 0 Å². The zero-order valence-corrected chi connectivity index (χ0v) is 24.3. The van der Waals surface area contributed by atoms with E-state index < -0.39 is 0 Å². The van der Waals surface area contributed by atoms with Crippen LogP contribution in [-0.4, -0.2) is 69.5 Å². The smallest absolute Gasteiger partial charge is 0.407 e. The fourth-order valence-corrected chi connectivity index (χ4v) is 5.60. The lowest BCUT2D eigenvalue weighted by Crippen LogP contribution is -2.41. The average molecular weight is 565 g/mol. The lowest BCUT2D eigenvalue weighted by atomic mass is 9.97. The normalized spacial score (nSPS) is 15.2. The number of fused-ring (bicyclic) bond motifs is 3. The number of amides is 1. The number of benzene rings is 2. The van der Waals surface area contributed by atoms with Gasteiger partial charge in [-0.1, -0.05) is 54.6 Å². The van der Waals surface area contributed by atoms with Gasteiger partial charge in [-0.25, -0.2) is 14.8 Å². The van der Waals surface area contributed by atoms with Crippen molar-refractivity contribution in [2.24, 2.45) is 0 Å². The molecule has 1 N–H and O–H groups in total. The third kappa shape index (κ3) is 6.12. The molecule has 1 saturated heterocycles. The molecule has 0 bridgehead atoms. The van der Waals surface area contributed by atoms with Crippen LogP contribution in [0.25, 0.3) is 39.1 Å². The van der Waals surface area contributed by atoms with Gasteiger partial charge in [0, 0.05) is 55.5 Å². The highest BCUT2D eigenvalue weighted by Gasteiger charge is 2.23. The fraction of sp³-hybridized carbons (Fsp3) is 0.333. The van der Waals surface area contributed by atoms with Gasteiger partial charge >= 0.3 is 6.09 Å². The monoisotopic (exact) mass is 564 g/mol. The first-order valence-corrected chi connectivity index (χ1v) is 14.5. The Morgan fingerprint density at radius 2 is 1.81 bits per heavy atom. The number of rotatable bonds is 8. The molecule has 1 aliphatic rings. The van der Waals surface area contributed by atoms with Gasteiger partial charge in [-0.15, -0.1) is 0 Å². The first-order chi connectivity index (χ1) is 20.5. The van der Waals surface area contributed by atoms with E-state index in [1.807, 2.05) is 48.8 Å². The van der Waals surface area contributed by atoms with Crippen LogP contribution in [0.15, 0.2) is 72.9 Å². The van der Waals surface area contributed by atoms with Crippen LogP contribution in [0, 0.1) is 6.92 Å². The zero-order valence-electron chi connectivity index (χ0n) is 24.3. The quantitative estimate of drug-likeness (QED) is 0.260. The van der Waals surface area contributed by atoms with E-state index in [1.165, 1.54) is 5.56 Å². The van der Waals surface area contributed by atoms with E-state index in [2.05, 4.69) is 62.8 Å². The maximum absolute atomic E-state index is 12.2. The predicted molar refractivity (Wildman–Crippen MR) is 163 cm³/mol. The number of likely N-dealkylation sites (tertiary alicyclic amines) is 1. The highest BCUT2D eigenvalue weighted by Crippen LogP contribution is 2.33. The Morgan fingerprint density at radius 1 is 1.05 bits per heavy atom. The number of ether oxygens (including phenoxy) is 2. The van der Waals surface area contributed by atoms with Crippen molar-refractivity contribution >= 4 is 22.8 Å². The average Bonchev–Trinajstić information content (AvgIpc) is 3.39. The lowest BCUT2D eigenvalue weighted by Gasteiger charge is -2.31. The molecule has 0 radical (unpaired) electrons. The minimum Gasteiger partial charge on any atom is -0.446 e. The van der Waals surface area contributed by atoms with Crippen molar-refractivity contribution in [2.45, 2.75) is 45.4 Å². The van der Waals surface area contributed by atoms with E-state index >= 15 is 0 Å². The Labute approximate surface area is 245 Å². The van der Waals surface area contributed by atoms with E-state index in [9.17, 15) is 4.79 Å². The predicted octanol–water partition coefficient (Wildman–Crippen LogP) is 5.65. The van der Waals surface area contributed by atoms with Gasteiger partial charge in [0.15, 0.2) is 11.3 Å². The van der Waals surface area contributed by atoms with Crippen molar-refractivity contribution < 1.29 is 14.3 Å². The number of methoxy groups -OCH3 is 1. The van der Waals surface area contributed by atoms with Gasteiger partial charge in [-0.2, -0.15) is 9.61 Å². The van der Waals surface area contributed by atoms with Crippen LogP contribution in [0.2, 0.25) is 0 Å². The highest BCUT2D eigenvalue weighted by atomic mass is 16.6. The molecule has 42 heavy (non-hydrogen) atoms. The zero-order chi connectivity index (χ0) is 29.1. The van der Waals surface area contributed by atoms with Crippen molar-refractivity contribution in [1.82, 2.24) is 29.8 Å². The molecular weight excluding hydrogens is 528 g/mol. The molecule has 2 aromatic carbocycles. The Kier molecular flexibility index (Phi) is 8.12. The van der Waals surface area contributed by atoms with Gasteiger partial charge in [-0.3, -0.25) is 4.90 Å². The number of aryl methyl sites for hydroxylation is 1. The third-order valence-electron chi connectivity index (χ3n) is 7.69. The number of alkyl carbamates (subject to hydrolysis) is 1. The standard InChI is InChI=1S/C33H36N6O3/c1-22-17-30-34-19-27-18-29(25-7-5-4-6-8-25)31(36-32(27)39(30)37-22)26-11-9-24(10-12-26)20-38-15-13-28(14-16-38)42-33(40)35-23(2)21-41-3/h4-12,17-19,23,28H,13-16,20-21H2,1-3H3,(H,35,40). The number of piperidine rings is 1. The summed E-state index contributed by atoms with van der Waals surface area (Å²) >= 11 is 0. The number of pyridine rings is 1. The molecule has 6 rings (SSSR count). The van der Waals surface area contributed by atoms with Gasteiger partial charge < -0.3 is 14.8 Å². The van der Waals surface area contributed by atoms with E-state index in [0.29, 0.717) is 6.61 Å². The fourth-order valence-electron chi connectivity index (χ4n) is 5.60. The molecule has 5 aromatic rings. The second-order valence-corrected chi connectivity index (χ2v) is 11.1. The van der Waals surface area contributed by atoms with Gasteiger partial charge in [0.25, 0.3) is 0 Å². The Hall–Kier alpha value is -4.34. The molecular formula is C33H36N6O3. The highest BCUT2D eigenvalue weighted by molar-refractivity contribution is 5.90. The van der Waals surface area contributed by atoms with Gasteiger partial charge in [-0.05, 0) is 43.9 Å². The molecule has 9 heteroatoms. The lowest BCUT2D eigenvalue weighted by molar-refractivity contribution is 0.0451. The molecule has 1 aliphatic heterocycles.